The Bertz CT molecular complexity index is 349. The maximum absolute atomic E-state index is 6.31. The van der Waals surface area contributed by atoms with E-state index >= 15 is 0 Å². The van der Waals surface area contributed by atoms with E-state index in [0.717, 1.165) is 25.2 Å². The van der Waals surface area contributed by atoms with Gasteiger partial charge in [0, 0.05) is 5.94 Å². The summed E-state index contributed by atoms with van der Waals surface area (Å²) >= 11 is 0. The molecule has 4 rings (SSSR count). The zero-order valence-electron chi connectivity index (χ0n) is 12.1. The molecule has 0 aromatic rings. The van der Waals surface area contributed by atoms with Gasteiger partial charge >= 0.3 is 7.12 Å². The molecule has 4 fully saturated rings. The minimum absolute atomic E-state index is 0.0257. The van der Waals surface area contributed by atoms with Crippen molar-refractivity contribution in [3.8, 4) is 0 Å². The lowest BCUT2D eigenvalue weighted by Gasteiger charge is -2.64. The van der Waals surface area contributed by atoms with Crippen LogP contribution in [0.2, 0.25) is 0 Å². The maximum atomic E-state index is 6.31. The number of hydrogen-bond donors (Lipinski definition) is 1. The summed E-state index contributed by atoms with van der Waals surface area (Å²) in [6.07, 6.45) is 4.78. The van der Waals surface area contributed by atoms with Crippen molar-refractivity contribution in [3.63, 3.8) is 0 Å². The zero-order valence-corrected chi connectivity index (χ0v) is 12.1. The standard InChI is InChI=1S/C14H26BNO2/c1-5-6-12(16)15-17-11-8-9-7-10(13(9,2)3)14(11,4)18-15/h9-12H,5-8,16H2,1-4H3/t9-,10+,11-,12+,14+/m0/s1. The molecule has 0 aromatic carbocycles. The van der Waals surface area contributed by atoms with Gasteiger partial charge in [0.2, 0.25) is 0 Å². The van der Waals surface area contributed by atoms with Crippen molar-refractivity contribution in [1.29, 1.82) is 0 Å². The van der Waals surface area contributed by atoms with Gasteiger partial charge in [0.1, 0.15) is 0 Å². The van der Waals surface area contributed by atoms with E-state index in [1.54, 1.807) is 0 Å². The van der Waals surface area contributed by atoms with Crippen molar-refractivity contribution in [2.24, 2.45) is 23.0 Å². The number of hydrogen-bond acceptors (Lipinski definition) is 3. The van der Waals surface area contributed by atoms with E-state index < -0.39 is 0 Å². The van der Waals surface area contributed by atoms with E-state index in [0.29, 0.717) is 11.3 Å². The van der Waals surface area contributed by atoms with Crippen LogP contribution in [-0.2, 0) is 9.31 Å². The van der Waals surface area contributed by atoms with Gasteiger partial charge in [-0.05, 0) is 43.4 Å². The van der Waals surface area contributed by atoms with Crippen molar-refractivity contribution in [2.45, 2.75) is 71.0 Å². The first kappa shape index (κ1) is 13.0. The Kier molecular flexibility index (Phi) is 2.86. The van der Waals surface area contributed by atoms with Crippen LogP contribution >= 0.6 is 0 Å². The lowest BCUT2D eigenvalue weighted by Crippen LogP contribution is -2.65. The molecule has 3 nitrogen and oxygen atoms in total. The molecular formula is C14H26BNO2. The fourth-order valence-corrected chi connectivity index (χ4v) is 4.55. The summed E-state index contributed by atoms with van der Waals surface area (Å²) in [5, 5.41) is 0. The highest BCUT2D eigenvalue weighted by molar-refractivity contribution is 6.47. The third kappa shape index (κ3) is 1.55. The van der Waals surface area contributed by atoms with E-state index in [-0.39, 0.29) is 24.8 Å². The average Bonchev–Trinajstić information content (AvgIpc) is 2.65. The molecule has 0 spiro atoms. The molecule has 2 N–H and O–H groups in total. The smallest absolute Gasteiger partial charge is 0.404 e. The minimum atomic E-state index is -0.185. The van der Waals surface area contributed by atoms with Crippen molar-refractivity contribution in [2.75, 3.05) is 0 Å². The molecule has 0 radical (unpaired) electrons. The van der Waals surface area contributed by atoms with Crippen molar-refractivity contribution in [1.82, 2.24) is 0 Å². The topological polar surface area (TPSA) is 44.5 Å². The molecule has 4 aliphatic rings. The second kappa shape index (κ2) is 3.97. The summed E-state index contributed by atoms with van der Waals surface area (Å²) in [6.45, 7) is 9.17. The summed E-state index contributed by atoms with van der Waals surface area (Å²) in [4.78, 5) is 0. The molecule has 2 bridgehead atoms. The fourth-order valence-electron chi connectivity index (χ4n) is 4.55. The van der Waals surface area contributed by atoms with Crippen molar-refractivity contribution >= 4 is 7.12 Å². The van der Waals surface area contributed by atoms with Gasteiger partial charge in [-0.25, -0.2) is 0 Å². The SMILES string of the molecule is CCC[C@@H](N)B1O[C@H]2C[C@@H]3C[C@H](C3(C)C)[C@@]2(C)O1. The van der Waals surface area contributed by atoms with Gasteiger partial charge in [-0.3, -0.25) is 0 Å². The largest absolute Gasteiger partial charge is 0.475 e. The Morgan fingerprint density at radius 1 is 1.33 bits per heavy atom. The molecule has 18 heavy (non-hydrogen) atoms. The van der Waals surface area contributed by atoms with Gasteiger partial charge in [-0.15, -0.1) is 0 Å². The number of rotatable bonds is 3. The normalized spacial score (nSPS) is 46.5. The predicted octanol–water partition coefficient (Wildman–Crippen LogP) is 2.38. The van der Waals surface area contributed by atoms with Gasteiger partial charge in [0.15, 0.2) is 0 Å². The first-order valence-electron chi connectivity index (χ1n) is 7.48. The van der Waals surface area contributed by atoms with Crippen LogP contribution in [0.4, 0.5) is 0 Å². The third-order valence-electron chi connectivity index (χ3n) is 5.94. The molecule has 4 heteroatoms. The van der Waals surface area contributed by atoms with E-state index in [9.17, 15) is 0 Å². The summed E-state index contributed by atoms with van der Waals surface area (Å²) in [7, 11) is -0.185. The van der Waals surface area contributed by atoms with Crippen LogP contribution in [0.15, 0.2) is 0 Å². The van der Waals surface area contributed by atoms with Crippen LogP contribution in [0.3, 0.4) is 0 Å². The van der Waals surface area contributed by atoms with Gasteiger partial charge in [-0.2, -0.15) is 0 Å². The molecular weight excluding hydrogens is 225 g/mol. The molecule has 102 valence electrons. The van der Waals surface area contributed by atoms with Crippen LogP contribution in [0.5, 0.6) is 0 Å². The summed E-state index contributed by atoms with van der Waals surface area (Å²) in [5.74, 6) is 1.47. The highest BCUT2D eigenvalue weighted by atomic mass is 16.7. The second-order valence-electron chi connectivity index (χ2n) is 7.29. The third-order valence-corrected chi connectivity index (χ3v) is 5.94. The maximum Gasteiger partial charge on any atom is 0.475 e. The molecule has 0 amide bonds. The van der Waals surface area contributed by atoms with E-state index in [4.69, 9.17) is 15.0 Å². The van der Waals surface area contributed by atoms with E-state index in [1.165, 1.54) is 6.42 Å². The van der Waals surface area contributed by atoms with Crippen LogP contribution in [0, 0.1) is 17.3 Å². The number of nitrogens with two attached hydrogens (primary N) is 1. The lowest BCUT2D eigenvalue weighted by molar-refractivity contribution is -0.199. The highest BCUT2D eigenvalue weighted by Gasteiger charge is 2.68. The molecule has 3 aliphatic carbocycles. The first-order valence-corrected chi connectivity index (χ1v) is 7.48. The minimum Gasteiger partial charge on any atom is -0.404 e. The summed E-state index contributed by atoms with van der Waals surface area (Å²) < 4.78 is 12.4. The van der Waals surface area contributed by atoms with E-state index in [1.807, 2.05) is 0 Å². The van der Waals surface area contributed by atoms with Gasteiger partial charge in [0.05, 0.1) is 11.7 Å². The lowest BCUT2D eigenvalue weighted by atomic mass is 9.43. The van der Waals surface area contributed by atoms with Gasteiger partial charge in [0.25, 0.3) is 0 Å². The molecule has 5 atom stereocenters. The Hall–Kier alpha value is -0.0551. The predicted molar refractivity (Wildman–Crippen MR) is 73.0 cm³/mol. The Morgan fingerprint density at radius 2 is 2.06 bits per heavy atom. The molecule has 3 saturated carbocycles. The van der Waals surface area contributed by atoms with Gasteiger partial charge in [-0.1, -0.05) is 27.2 Å². The quantitative estimate of drug-likeness (QED) is 0.783. The van der Waals surface area contributed by atoms with Crippen LogP contribution < -0.4 is 5.73 Å². The Morgan fingerprint density at radius 3 is 2.67 bits per heavy atom. The van der Waals surface area contributed by atoms with Crippen LogP contribution in [0.25, 0.3) is 0 Å². The van der Waals surface area contributed by atoms with Crippen LogP contribution in [0.1, 0.15) is 53.4 Å². The Balaban J connectivity index is 1.76. The van der Waals surface area contributed by atoms with Gasteiger partial charge < -0.3 is 15.0 Å². The Labute approximate surface area is 111 Å². The van der Waals surface area contributed by atoms with Crippen molar-refractivity contribution < 1.29 is 9.31 Å². The second-order valence-corrected chi connectivity index (χ2v) is 7.29. The highest BCUT2D eigenvalue weighted by Crippen LogP contribution is 2.65. The van der Waals surface area contributed by atoms with Crippen LogP contribution in [-0.4, -0.2) is 24.8 Å². The summed E-state index contributed by atoms with van der Waals surface area (Å²) in [6, 6.07) is 0. The molecule has 1 aliphatic heterocycles. The zero-order chi connectivity index (χ0) is 13.1. The summed E-state index contributed by atoms with van der Waals surface area (Å²) in [5.41, 5.74) is 6.49. The van der Waals surface area contributed by atoms with E-state index in [2.05, 4.69) is 27.7 Å². The molecule has 1 saturated heterocycles. The molecule has 1 heterocycles. The first-order chi connectivity index (χ1) is 8.39. The molecule has 0 unspecified atom stereocenters. The molecule has 0 aromatic heterocycles. The van der Waals surface area contributed by atoms with Crippen molar-refractivity contribution in [3.05, 3.63) is 0 Å². The monoisotopic (exact) mass is 251 g/mol. The average molecular weight is 251 g/mol. The fraction of sp³-hybridized carbons (Fsp3) is 1.00.